The van der Waals surface area contributed by atoms with Crippen molar-refractivity contribution in [2.24, 2.45) is 0 Å². The molecule has 1 fully saturated rings. The average Bonchev–Trinajstić information content (AvgIpc) is 3.09. The van der Waals surface area contributed by atoms with E-state index in [1.807, 2.05) is 0 Å². The zero-order valence-corrected chi connectivity index (χ0v) is 17.7. The van der Waals surface area contributed by atoms with Crippen molar-refractivity contribution in [2.45, 2.75) is 6.04 Å². The van der Waals surface area contributed by atoms with Gasteiger partial charge in [-0.3, -0.25) is 14.5 Å². The number of halogens is 2. The molecule has 168 valence electrons. The van der Waals surface area contributed by atoms with Crippen molar-refractivity contribution in [2.75, 3.05) is 19.1 Å². The maximum Gasteiger partial charge on any atom is 0.300 e. The van der Waals surface area contributed by atoms with Gasteiger partial charge >= 0.3 is 0 Å². The van der Waals surface area contributed by atoms with Crippen molar-refractivity contribution >= 4 is 23.1 Å². The zero-order valence-electron chi connectivity index (χ0n) is 17.7. The largest absolute Gasteiger partial charge is 0.507 e. The number of carbonyl (C=O) groups excluding carboxylic acids is 2. The molecule has 1 amide bonds. The Labute approximate surface area is 188 Å². The van der Waals surface area contributed by atoms with Crippen molar-refractivity contribution in [3.05, 3.63) is 95.1 Å². The highest BCUT2D eigenvalue weighted by Crippen LogP contribution is 2.44. The zero-order chi connectivity index (χ0) is 23.7. The van der Waals surface area contributed by atoms with Crippen LogP contribution >= 0.6 is 0 Å². The summed E-state index contributed by atoms with van der Waals surface area (Å²) in [5.74, 6) is -3.45. The van der Waals surface area contributed by atoms with Gasteiger partial charge in [-0.15, -0.1) is 0 Å². The Balaban J connectivity index is 1.99. The molecule has 0 bridgehead atoms. The monoisotopic (exact) mass is 451 g/mol. The van der Waals surface area contributed by atoms with Gasteiger partial charge in [0.1, 0.15) is 28.9 Å². The second-order valence-electron chi connectivity index (χ2n) is 7.23. The molecule has 1 aliphatic heterocycles. The minimum atomic E-state index is -1.30. The third-order valence-electron chi connectivity index (χ3n) is 5.41. The molecule has 6 nitrogen and oxygen atoms in total. The lowest BCUT2D eigenvalue weighted by Crippen LogP contribution is -2.29. The van der Waals surface area contributed by atoms with Crippen LogP contribution in [0.3, 0.4) is 0 Å². The number of hydrogen-bond donors (Lipinski definition) is 1. The van der Waals surface area contributed by atoms with Gasteiger partial charge in [-0.2, -0.15) is 0 Å². The van der Waals surface area contributed by atoms with Crippen molar-refractivity contribution in [3.8, 4) is 11.5 Å². The van der Waals surface area contributed by atoms with Gasteiger partial charge in [0.05, 0.1) is 31.4 Å². The fourth-order valence-electron chi connectivity index (χ4n) is 3.84. The van der Waals surface area contributed by atoms with Gasteiger partial charge in [-0.05, 0) is 48.5 Å². The lowest BCUT2D eigenvalue weighted by atomic mass is 9.94. The Hall–Kier alpha value is -4.20. The molecule has 0 saturated carbocycles. The summed E-state index contributed by atoms with van der Waals surface area (Å²) in [6, 6.07) is 14.0. The number of benzene rings is 3. The number of rotatable bonds is 5. The summed E-state index contributed by atoms with van der Waals surface area (Å²) in [4.78, 5) is 27.3. The van der Waals surface area contributed by atoms with E-state index in [1.165, 1.54) is 38.5 Å². The van der Waals surface area contributed by atoms with Crippen LogP contribution in [0.2, 0.25) is 0 Å². The molecule has 3 aromatic rings. The van der Waals surface area contributed by atoms with Crippen LogP contribution in [0.25, 0.3) is 5.76 Å². The molecule has 1 heterocycles. The van der Waals surface area contributed by atoms with Crippen molar-refractivity contribution in [1.82, 2.24) is 0 Å². The summed E-state index contributed by atoms with van der Waals surface area (Å²) >= 11 is 0. The fraction of sp³-hybridized carbons (Fsp3) is 0.120. The summed E-state index contributed by atoms with van der Waals surface area (Å²) in [7, 11) is 2.79. The molecule has 4 rings (SSSR count). The van der Waals surface area contributed by atoms with E-state index in [0.29, 0.717) is 5.75 Å². The van der Waals surface area contributed by atoms with Gasteiger partial charge in [0.15, 0.2) is 0 Å². The Morgan fingerprint density at radius 1 is 0.939 bits per heavy atom. The molecule has 0 aromatic heterocycles. The highest BCUT2D eigenvalue weighted by molar-refractivity contribution is 6.51. The van der Waals surface area contributed by atoms with Crippen LogP contribution in [0, 0.1) is 11.6 Å². The molecule has 1 atom stereocenters. The first-order chi connectivity index (χ1) is 15.9. The van der Waals surface area contributed by atoms with E-state index in [9.17, 15) is 23.5 Å². The number of hydrogen-bond acceptors (Lipinski definition) is 5. The lowest BCUT2D eigenvalue weighted by molar-refractivity contribution is -0.132. The molecule has 0 spiro atoms. The molecular formula is C25H19F2NO5. The van der Waals surface area contributed by atoms with Gasteiger partial charge in [0, 0.05) is 11.3 Å². The molecule has 0 radical (unpaired) electrons. The van der Waals surface area contributed by atoms with Crippen LogP contribution in [-0.2, 0) is 9.59 Å². The summed E-state index contributed by atoms with van der Waals surface area (Å²) in [6.45, 7) is 0. The number of carbonyl (C=O) groups is 2. The molecule has 1 aliphatic rings. The number of methoxy groups -OCH3 is 2. The molecule has 33 heavy (non-hydrogen) atoms. The minimum Gasteiger partial charge on any atom is -0.507 e. The van der Waals surface area contributed by atoms with Crippen LogP contribution in [0.5, 0.6) is 11.5 Å². The Bertz CT molecular complexity index is 1270. The van der Waals surface area contributed by atoms with Crippen LogP contribution in [0.4, 0.5) is 14.5 Å². The predicted octanol–water partition coefficient (Wildman–Crippen LogP) is 4.61. The van der Waals surface area contributed by atoms with Crippen molar-refractivity contribution in [1.29, 1.82) is 0 Å². The van der Waals surface area contributed by atoms with Crippen LogP contribution in [0.15, 0.2) is 72.3 Å². The normalized spacial score (nSPS) is 17.3. The minimum absolute atomic E-state index is 0.00978. The summed E-state index contributed by atoms with van der Waals surface area (Å²) < 4.78 is 39.2. The Morgan fingerprint density at radius 2 is 1.64 bits per heavy atom. The van der Waals surface area contributed by atoms with E-state index in [2.05, 4.69) is 0 Å². The third kappa shape index (κ3) is 3.80. The molecule has 8 heteroatoms. The van der Waals surface area contributed by atoms with Crippen molar-refractivity contribution < 1.29 is 33.0 Å². The van der Waals surface area contributed by atoms with Crippen LogP contribution < -0.4 is 14.4 Å². The quantitative estimate of drug-likeness (QED) is 0.348. The molecule has 3 aromatic carbocycles. The van der Waals surface area contributed by atoms with Crippen LogP contribution in [-0.4, -0.2) is 31.0 Å². The van der Waals surface area contributed by atoms with Gasteiger partial charge < -0.3 is 14.6 Å². The standard InChI is InChI=1S/C25H19F2NO5/c1-32-16-10-8-15(9-11-16)28-22(17-5-3-4-6-19(17)27)21(24(30)25(28)31)23(29)18-13-14(26)7-12-20(18)33-2/h3-13,22,29H,1-2H3/b23-21+. The van der Waals surface area contributed by atoms with Gasteiger partial charge in [-0.1, -0.05) is 18.2 Å². The number of aliphatic hydroxyl groups is 1. The first-order valence-corrected chi connectivity index (χ1v) is 9.90. The smallest absolute Gasteiger partial charge is 0.300 e. The van der Waals surface area contributed by atoms with E-state index in [0.717, 1.165) is 17.0 Å². The Kier molecular flexibility index (Phi) is 5.83. The first-order valence-electron chi connectivity index (χ1n) is 9.90. The SMILES string of the molecule is COc1ccc(N2C(=O)C(=O)/C(=C(/O)c3cc(F)ccc3OC)C2c2ccccc2F)cc1. The fourth-order valence-corrected chi connectivity index (χ4v) is 3.84. The van der Waals surface area contributed by atoms with E-state index in [-0.39, 0.29) is 28.1 Å². The highest BCUT2D eigenvalue weighted by atomic mass is 19.1. The second-order valence-corrected chi connectivity index (χ2v) is 7.23. The topological polar surface area (TPSA) is 76.1 Å². The third-order valence-corrected chi connectivity index (χ3v) is 5.41. The number of aliphatic hydroxyl groups excluding tert-OH is 1. The number of ketones is 1. The second kappa shape index (κ2) is 8.74. The molecular weight excluding hydrogens is 432 g/mol. The van der Waals surface area contributed by atoms with E-state index < -0.39 is 35.1 Å². The van der Waals surface area contributed by atoms with E-state index in [4.69, 9.17) is 9.47 Å². The van der Waals surface area contributed by atoms with E-state index in [1.54, 1.807) is 30.3 Å². The molecule has 1 saturated heterocycles. The van der Waals surface area contributed by atoms with Gasteiger partial charge in [-0.25, -0.2) is 8.78 Å². The highest BCUT2D eigenvalue weighted by Gasteiger charge is 2.48. The number of anilines is 1. The summed E-state index contributed by atoms with van der Waals surface area (Å²) in [5.41, 5.74) is -0.239. The number of nitrogens with zero attached hydrogens (tertiary/aromatic N) is 1. The predicted molar refractivity (Wildman–Crippen MR) is 117 cm³/mol. The number of ether oxygens (including phenoxy) is 2. The lowest BCUT2D eigenvalue weighted by Gasteiger charge is -2.26. The molecule has 1 unspecified atom stereocenters. The average molecular weight is 451 g/mol. The maximum absolute atomic E-state index is 14.9. The first kappa shape index (κ1) is 22.0. The van der Waals surface area contributed by atoms with E-state index >= 15 is 0 Å². The summed E-state index contributed by atoms with van der Waals surface area (Å²) in [6.07, 6.45) is 0. The molecule has 0 aliphatic carbocycles. The van der Waals surface area contributed by atoms with Gasteiger partial charge in [0.2, 0.25) is 0 Å². The molecule has 1 N–H and O–H groups in total. The maximum atomic E-state index is 14.9. The Morgan fingerprint density at radius 3 is 2.27 bits per heavy atom. The number of Topliss-reactive ketones (excluding diaryl/α,β-unsaturated/α-hetero) is 1. The van der Waals surface area contributed by atoms with Gasteiger partial charge in [0.25, 0.3) is 11.7 Å². The van der Waals surface area contributed by atoms with Crippen molar-refractivity contribution in [3.63, 3.8) is 0 Å². The van der Waals surface area contributed by atoms with Crippen LogP contribution in [0.1, 0.15) is 17.2 Å². The summed E-state index contributed by atoms with van der Waals surface area (Å²) in [5, 5.41) is 11.1. The number of amides is 1.